The van der Waals surface area contributed by atoms with E-state index in [1.165, 1.54) is 0 Å². The molecule has 98 valence electrons. The van der Waals surface area contributed by atoms with Crippen molar-refractivity contribution in [3.05, 3.63) is 64.7 Å². The van der Waals surface area contributed by atoms with Crippen molar-refractivity contribution >= 4 is 17.3 Å². The van der Waals surface area contributed by atoms with E-state index in [0.29, 0.717) is 21.8 Å². The van der Waals surface area contributed by atoms with Crippen LogP contribution in [0.1, 0.15) is 18.1 Å². The van der Waals surface area contributed by atoms with Crippen molar-refractivity contribution in [1.29, 1.82) is 0 Å². The third-order valence-corrected chi connectivity index (χ3v) is 3.88. The Morgan fingerprint density at radius 2 is 1.74 bits per heavy atom. The zero-order chi connectivity index (χ0) is 13.7. The summed E-state index contributed by atoms with van der Waals surface area (Å²) in [5.74, 6) is 0. The Morgan fingerprint density at radius 1 is 1.05 bits per heavy atom. The molecule has 3 rings (SSSR count). The van der Waals surface area contributed by atoms with E-state index >= 15 is 0 Å². The highest BCUT2D eigenvalue weighted by Crippen LogP contribution is 2.49. The molecule has 0 fully saturated rings. The number of halogens is 1. The van der Waals surface area contributed by atoms with Gasteiger partial charge in [-0.3, -0.25) is 0 Å². The van der Waals surface area contributed by atoms with Crippen LogP contribution in [0.2, 0.25) is 5.02 Å². The van der Waals surface area contributed by atoms with E-state index in [9.17, 15) is 10.2 Å². The van der Waals surface area contributed by atoms with Crippen LogP contribution in [0.15, 0.2) is 48.5 Å². The van der Waals surface area contributed by atoms with Crippen LogP contribution in [0.5, 0.6) is 0 Å². The molecule has 1 aliphatic rings. The molecule has 4 heteroatoms. The second-order valence-corrected chi connectivity index (χ2v) is 5.40. The lowest BCUT2D eigenvalue weighted by atomic mass is 9.81. The summed E-state index contributed by atoms with van der Waals surface area (Å²) < 4.78 is 0. The zero-order valence-corrected chi connectivity index (χ0v) is 11.1. The Hall–Kier alpha value is -1.55. The van der Waals surface area contributed by atoms with E-state index in [1.54, 1.807) is 37.3 Å². The first-order chi connectivity index (χ1) is 8.95. The highest BCUT2D eigenvalue weighted by molar-refractivity contribution is 6.30. The fourth-order valence-electron chi connectivity index (χ4n) is 2.66. The fraction of sp³-hybridized carbons (Fsp3) is 0.200. The molecule has 0 amide bonds. The first kappa shape index (κ1) is 12.5. The van der Waals surface area contributed by atoms with Crippen LogP contribution in [0, 0.1) is 0 Å². The van der Waals surface area contributed by atoms with Crippen molar-refractivity contribution in [2.45, 2.75) is 18.2 Å². The quantitative estimate of drug-likeness (QED) is 0.750. The van der Waals surface area contributed by atoms with Gasteiger partial charge < -0.3 is 15.5 Å². The topological polar surface area (TPSA) is 52.5 Å². The van der Waals surface area contributed by atoms with Gasteiger partial charge in [-0.2, -0.15) is 0 Å². The van der Waals surface area contributed by atoms with E-state index in [-0.39, 0.29) is 0 Å². The molecule has 2 aromatic carbocycles. The summed E-state index contributed by atoms with van der Waals surface area (Å²) >= 11 is 6.01. The Kier molecular flexibility index (Phi) is 2.61. The van der Waals surface area contributed by atoms with Crippen molar-refractivity contribution in [2.75, 3.05) is 5.32 Å². The van der Waals surface area contributed by atoms with Gasteiger partial charge >= 0.3 is 0 Å². The maximum Gasteiger partial charge on any atom is 0.170 e. The lowest BCUT2D eigenvalue weighted by molar-refractivity contribution is -0.0936. The Morgan fingerprint density at radius 3 is 2.42 bits per heavy atom. The third kappa shape index (κ3) is 1.66. The Bertz CT molecular complexity index is 627. The van der Waals surface area contributed by atoms with Crippen LogP contribution in [0.4, 0.5) is 5.69 Å². The number of hydrogen-bond acceptors (Lipinski definition) is 3. The normalized spacial score (nSPS) is 28.8. The number of nitrogens with one attached hydrogen (secondary N) is 1. The average Bonchev–Trinajstić information content (AvgIpc) is 2.60. The smallest absolute Gasteiger partial charge is 0.170 e. The monoisotopic (exact) mass is 275 g/mol. The number of rotatable bonds is 1. The van der Waals surface area contributed by atoms with E-state index < -0.39 is 11.3 Å². The number of benzene rings is 2. The van der Waals surface area contributed by atoms with Crippen LogP contribution >= 0.6 is 11.6 Å². The van der Waals surface area contributed by atoms with E-state index in [1.807, 2.05) is 18.2 Å². The van der Waals surface area contributed by atoms with E-state index in [4.69, 9.17) is 11.6 Å². The second kappa shape index (κ2) is 3.97. The Labute approximate surface area is 116 Å². The first-order valence-electron chi connectivity index (χ1n) is 6.03. The van der Waals surface area contributed by atoms with Gasteiger partial charge in [-0.1, -0.05) is 41.9 Å². The maximum absolute atomic E-state index is 11.1. The summed E-state index contributed by atoms with van der Waals surface area (Å²) in [4.78, 5) is 0. The van der Waals surface area contributed by atoms with Gasteiger partial charge in [0, 0.05) is 16.3 Å². The molecule has 0 spiro atoms. The zero-order valence-electron chi connectivity index (χ0n) is 10.4. The summed E-state index contributed by atoms with van der Waals surface area (Å²) in [6.45, 7) is 1.55. The van der Waals surface area contributed by atoms with Crippen molar-refractivity contribution < 1.29 is 10.2 Å². The first-order valence-corrected chi connectivity index (χ1v) is 6.41. The lowest BCUT2D eigenvalue weighted by Gasteiger charge is -2.35. The van der Waals surface area contributed by atoms with Gasteiger partial charge in [-0.25, -0.2) is 0 Å². The molecule has 19 heavy (non-hydrogen) atoms. The van der Waals surface area contributed by atoms with Crippen LogP contribution in [-0.4, -0.2) is 15.9 Å². The van der Waals surface area contributed by atoms with Crippen molar-refractivity contribution in [3.8, 4) is 0 Å². The Balaban J connectivity index is 2.28. The van der Waals surface area contributed by atoms with Crippen molar-refractivity contribution in [3.63, 3.8) is 0 Å². The van der Waals surface area contributed by atoms with Crippen LogP contribution in [0.25, 0.3) is 0 Å². The summed E-state index contributed by atoms with van der Waals surface area (Å²) in [5, 5.41) is 25.1. The molecule has 0 radical (unpaired) electrons. The van der Waals surface area contributed by atoms with E-state index in [2.05, 4.69) is 5.32 Å². The van der Waals surface area contributed by atoms with Gasteiger partial charge in [0.05, 0.1) is 0 Å². The molecule has 0 bridgehead atoms. The predicted octanol–water partition coefficient (Wildman–Crippen LogP) is 2.71. The van der Waals surface area contributed by atoms with Gasteiger partial charge in [0.2, 0.25) is 0 Å². The number of fused-ring (bicyclic) bond motifs is 1. The molecule has 0 saturated carbocycles. The maximum atomic E-state index is 11.1. The highest BCUT2D eigenvalue weighted by atomic mass is 35.5. The predicted molar refractivity (Wildman–Crippen MR) is 75.1 cm³/mol. The second-order valence-electron chi connectivity index (χ2n) is 4.96. The molecular formula is C15H14ClNO2. The molecule has 2 atom stereocenters. The summed E-state index contributed by atoms with van der Waals surface area (Å²) in [5.41, 5.74) is -1.15. The van der Waals surface area contributed by atoms with Crippen LogP contribution in [-0.2, 0) is 5.60 Å². The lowest BCUT2D eigenvalue weighted by Crippen LogP contribution is -2.50. The number of aliphatic hydroxyl groups is 2. The van der Waals surface area contributed by atoms with Crippen molar-refractivity contribution in [2.24, 2.45) is 0 Å². The highest BCUT2D eigenvalue weighted by Gasteiger charge is 2.54. The molecule has 3 N–H and O–H groups in total. The number of anilines is 1. The molecule has 3 nitrogen and oxygen atoms in total. The summed E-state index contributed by atoms with van der Waals surface area (Å²) in [7, 11) is 0. The molecule has 0 saturated heterocycles. The standard InChI is InChI=1S/C15H14ClNO2/c1-14(18)15(19,10-5-3-2-4-6-10)12-9-11(16)7-8-13(12)17-14/h2-9,17-19H,1H3. The van der Waals surface area contributed by atoms with Crippen molar-refractivity contribution in [1.82, 2.24) is 0 Å². The third-order valence-electron chi connectivity index (χ3n) is 3.65. The summed E-state index contributed by atoms with van der Waals surface area (Å²) in [6, 6.07) is 14.2. The SMILES string of the molecule is CC1(O)Nc2ccc(Cl)cc2C1(O)c1ccccc1. The van der Waals surface area contributed by atoms with Gasteiger partial charge in [0.1, 0.15) is 0 Å². The molecule has 1 aliphatic heterocycles. The average molecular weight is 276 g/mol. The summed E-state index contributed by atoms with van der Waals surface area (Å²) in [6.07, 6.45) is 0. The largest absolute Gasteiger partial charge is 0.375 e. The minimum atomic E-state index is -1.53. The molecule has 0 aliphatic carbocycles. The molecular weight excluding hydrogens is 262 g/mol. The number of hydrogen-bond donors (Lipinski definition) is 3. The molecule has 2 aromatic rings. The molecule has 2 unspecified atom stereocenters. The molecule has 1 heterocycles. The molecule has 0 aromatic heterocycles. The minimum absolute atomic E-state index is 0.521. The van der Waals surface area contributed by atoms with Gasteiger partial charge in [0.25, 0.3) is 0 Å². The minimum Gasteiger partial charge on any atom is -0.375 e. The van der Waals surface area contributed by atoms with Gasteiger partial charge in [-0.15, -0.1) is 0 Å². The van der Waals surface area contributed by atoms with Gasteiger partial charge in [0.15, 0.2) is 11.3 Å². The van der Waals surface area contributed by atoms with Gasteiger partial charge in [-0.05, 0) is 30.7 Å². The van der Waals surface area contributed by atoms with Crippen LogP contribution < -0.4 is 5.32 Å². The fourth-order valence-corrected chi connectivity index (χ4v) is 2.83. The van der Waals surface area contributed by atoms with Crippen LogP contribution in [0.3, 0.4) is 0 Å². The van der Waals surface area contributed by atoms with E-state index in [0.717, 1.165) is 0 Å².